The minimum atomic E-state index is 0.337. The average molecular weight is 213 g/mol. The molecule has 1 heterocycles. The van der Waals surface area contributed by atoms with E-state index in [9.17, 15) is 0 Å². The van der Waals surface area contributed by atoms with Gasteiger partial charge in [0, 0.05) is 18.2 Å². The number of hydrogen-bond acceptors (Lipinski definition) is 2. The summed E-state index contributed by atoms with van der Waals surface area (Å²) in [6.07, 6.45) is 1.79. The lowest BCUT2D eigenvalue weighted by Crippen LogP contribution is -2.31. The van der Waals surface area contributed by atoms with Gasteiger partial charge in [-0.25, -0.2) is 0 Å². The van der Waals surface area contributed by atoms with Crippen molar-refractivity contribution in [2.45, 2.75) is 32.7 Å². The van der Waals surface area contributed by atoms with Crippen LogP contribution in [0.5, 0.6) is 0 Å². The summed E-state index contributed by atoms with van der Waals surface area (Å²) in [6.45, 7) is 7.36. The summed E-state index contributed by atoms with van der Waals surface area (Å²) in [7, 11) is 0. The third kappa shape index (κ3) is 2.69. The predicted octanol–water partition coefficient (Wildman–Crippen LogP) is 2.84. The first-order valence-corrected chi connectivity index (χ1v) is 5.38. The average Bonchev–Trinajstić information content (AvgIpc) is 2.18. The summed E-state index contributed by atoms with van der Waals surface area (Å²) in [5.41, 5.74) is 0.975. The van der Waals surface area contributed by atoms with E-state index < -0.39 is 0 Å². The molecule has 0 aliphatic heterocycles. The molecule has 2 atom stereocenters. The second-order valence-corrected chi connectivity index (χ2v) is 3.91. The van der Waals surface area contributed by atoms with E-state index in [2.05, 4.69) is 31.1 Å². The number of nitrogens with zero attached hydrogens (tertiary/aromatic N) is 1. The van der Waals surface area contributed by atoms with E-state index in [4.69, 9.17) is 11.6 Å². The molecule has 0 aliphatic carbocycles. The fraction of sp³-hybridized carbons (Fsp3) is 0.545. The lowest BCUT2D eigenvalue weighted by molar-refractivity contribution is 0.487. The van der Waals surface area contributed by atoms with Crippen molar-refractivity contribution in [2.75, 3.05) is 6.54 Å². The molecule has 2 nitrogen and oxygen atoms in total. The fourth-order valence-corrected chi connectivity index (χ4v) is 1.76. The first-order valence-electron chi connectivity index (χ1n) is 5.00. The maximum absolute atomic E-state index is 6.07. The van der Waals surface area contributed by atoms with Crippen molar-refractivity contribution < 1.29 is 0 Å². The van der Waals surface area contributed by atoms with Crippen molar-refractivity contribution in [3.63, 3.8) is 0 Å². The zero-order valence-electron chi connectivity index (χ0n) is 8.92. The third-order valence-corrected chi connectivity index (χ3v) is 2.81. The van der Waals surface area contributed by atoms with E-state index in [0.29, 0.717) is 12.0 Å². The van der Waals surface area contributed by atoms with Gasteiger partial charge < -0.3 is 5.32 Å². The van der Waals surface area contributed by atoms with Gasteiger partial charge in [-0.2, -0.15) is 0 Å². The van der Waals surface area contributed by atoms with Gasteiger partial charge in [0.2, 0.25) is 0 Å². The Bertz CT molecular complexity index is 288. The van der Waals surface area contributed by atoms with Gasteiger partial charge in [-0.15, -0.1) is 0 Å². The Morgan fingerprint density at radius 2 is 2.21 bits per heavy atom. The van der Waals surface area contributed by atoms with Gasteiger partial charge in [-0.1, -0.05) is 25.4 Å². The molecule has 0 saturated heterocycles. The van der Waals surface area contributed by atoms with E-state index in [1.54, 1.807) is 6.20 Å². The SMILES string of the molecule is CCNC(C)C(C)c1ncccc1Cl. The summed E-state index contributed by atoms with van der Waals surface area (Å²) >= 11 is 6.07. The highest BCUT2D eigenvalue weighted by molar-refractivity contribution is 6.31. The number of rotatable bonds is 4. The minimum absolute atomic E-state index is 0.337. The molecule has 0 aromatic carbocycles. The number of pyridine rings is 1. The van der Waals surface area contributed by atoms with Gasteiger partial charge in [0.25, 0.3) is 0 Å². The van der Waals surface area contributed by atoms with Crippen LogP contribution in [0.15, 0.2) is 18.3 Å². The lowest BCUT2D eigenvalue weighted by atomic mass is 9.99. The van der Waals surface area contributed by atoms with Crippen LogP contribution < -0.4 is 5.32 Å². The molecule has 3 heteroatoms. The topological polar surface area (TPSA) is 24.9 Å². The molecule has 1 N–H and O–H groups in total. The predicted molar refractivity (Wildman–Crippen MR) is 60.8 cm³/mol. The van der Waals surface area contributed by atoms with Gasteiger partial charge in [0.05, 0.1) is 10.7 Å². The smallest absolute Gasteiger partial charge is 0.0633 e. The largest absolute Gasteiger partial charge is 0.314 e. The van der Waals surface area contributed by atoms with E-state index in [1.165, 1.54) is 0 Å². The van der Waals surface area contributed by atoms with Crippen molar-refractivity contribution in [2.24, 2.45) is 0 Å². The molecule has 1 aromatic heterocycles. The van der Waals surface area contributed by atoms with E-state index in [0.717, 1.165) is 17.3 Å². The van der Waals surface area contributed by atoms with Crippen LogP contribution in [0.2, 0.25) is 5.02 Å². The summed E-state index contributed by atoms with van der Waals surface area (Å²) in [6, 6.07) is 4.14. The highest BCUT2D eigenvalue weighted by atomic mass is 35.5. The Balaban J connectivity index is 2.78. The second kappa shape index (κ2) is 5.32. The first-order chi connectivity index (χ1) is 6.66. The van der Waals surface area contributed by atoms with Crippen LogP contribution in [0.1, 0.15) is 32.4 Å². The van der Waals surface area contributed by atoms with Crippen molar-refractivity contribution in [1.82, 2.24) is 10.3 Å². The lowest BCUT2D eigenvalue weighted by Gasteiger charge is -2.20. The van der Waals surface area contributed by atoms with Crippen LogP contribution in [-0.2, 0) is 0 Å². The summed E-state index contributed by atoms with van der Waals surface area (Å²) in [5.74, 6) is 0.337. The molecular weight excluding hydrogens is 196 g/mol. The van der Waals surface area contributed by atoms with Crippen molar-refractivity contribution >= 4 is 11.6 Å². The summed E-state index contributed by atoms with van der Waals surface area (Å²) in [4.78, 5) is 4.31. The molecule has 0 fully saturated rings. The Hall–Kier alpha value is -0.600. The molecule has 1 rings (SSSR count). The molecule has 0 aliphatic rings. The Kier molecular flexibility index (Phi) is 4.36. The molecule has 0 saturated carbocycles. The van der Waals surface area contributed by atoms with Crippen LogP contribution in [-0.4, -0.2) is 17.6 Å². The third-order valence-electron chi connectivity index (χ3n) is 2.49. The molecule has 78 valence electrons. The normalized spacial score (nSPS) is 15.1. The Morgan fingerprint density at radius 3 is 2.79 bits per heavy atom. The Labute approximate surface area is 90.7 Å². The highest BCUT2D eigenvalue weighted by Crippen LogP contribution is 2.23. The maximum atomic E-state index is 6.07. The quantitative estimate of drug-likeness (QED) is 0.831. The number of nitrogens with one attached hydrogen (secondary N) is 1. The molecule has 2 unspecified atom stereocenters. The highest BCUT2D eigenvalue weighted by Gasteiger charge is 2.16. The van der Waals surface area contributed by atoms with Gasteiger partial charge >= 0.3 is 0 Å². The summed E-state index contributed by atoms with van der Waals surface area (Å²) < 4.78 is 0. The van der Waals surface area contributed by atoms with Gasteiger partial charge in [-0.3, -0.25) is 4.98 Å². The van der Waals surface area contributed by atoms with Crippen LogP contribution in [0.25, 0.3) is 0 Å². The molecule has 0 bridgehead atoms. The zero-order valence-corrected chi connectivity index (χ0v) is 9.67. The molecule has 0 spiro atoms. The molecule has 1 aromatic rings. The van der Waals surface area contributed by atoms with E-state index in [1.807, 2.05) is 12.1 Å². The minimum Gasteiger partial charge on any atom is -0.314 e. The number of likely N-dealkylation sites (N-methyl/N-ethyl adjacent to an activating group) is 1. The Morgan fingerprint density at radius 1 is 1.50 bits per heavy atom. The fourth-order valence-electron chi connectivity index (χ4n) is 1.47. The van der Waals surface area contributed by atoms with Crippen LogP contribution >= 0.6 is 11.6 Å². The van der Waals surface area contributed by atoms with Crippen molar-refractivity contribution in [1.29, 1.82) is 0 Å². The molecule has 0 radical (unpaired) electrons. The van der Waals surface area contributed by atoms with Crippen LogP contribution in [0.3, 0.4) is 0 Å². The monoisotopic (exact) mass is 212 g/mol. The molecule has 0 amide bonds. The van der Waals surface area contributed by atoms with Gasteiger partial charge in [-0.05, 0) is 25.6 Å². The number of aromatic nitrogens is 1. The summed E-state index contributed by atoms with van der Waals surface area (Å²) in [5, 5.41) is 4.13. The maximum Gasteiger partial charge on any atom is 0.0633 e. The molecular formula is C11H17ClN2. The van der Waals surface area contributed by atoms with Gasteiger partial charge in [0.1, 0.15) is 0 Å². The first kappa shape index (κ1) is 11.5. The second-order valence-electron chi connectivity index (χ2n) is 3.51. The van der Waals surface area contributed by atoms with E-state index in [-0.39, 0.29) is 0 Å². The van der Waals surface area contributed by atoms with Crippen molar-refractivity contribution in [3.05, 3.63) is 29.0 Å². The zero-order chi connectivity index (χ0) is 10.6. The van der Waals surface area contributed by atoms with Gasteiger partial charge in [0.15, 0.2) is 0 Å². The van der Waals surface area contributed by atoms with Crippen LogP contribution in [0, 0.1) is 0 Å². The van der Waals surface area contributed by atoms with Crippen molar-refractivity contribution in [3.8, 4) is 0 Å². The van der Waals surface area contributed by atoms with Crippen LogP contribution in [0.4, 0.5) is 0 Å². The van der Waals surface area contributed by atoms with E-state index >= 15 is 0 Å². The standard InChI is InChI=1S/C11H17ClN2/c1-4-13-9(3)8(2)11-10(12)6-5-7-14-11/h5-9,13H,4H2,1-3H3. The molecule has 14 heavy (non-hydrogen) atoms. The number of halogens is 1. The number of hydrogen-bond donors (Lipinski definition) is 1.